The van der Waals surface area contributed by atoms with Crippen LogP contribution in [0.25, 0.3) is 0 Å². The molecule has 116 valence electrons. The van der Waals surface area contributed by atoms with Crippen LogP contribution in [0, 0.1) is 6.92 Å². The number of aliphatic hydroxyl groups is 1. The first-order chi connectivity index (χ1) is 10.0. The van der Waals surface area contributed by atoms with E-state index in [-0.39, 0.29) is 12.0 Å². The first-order valence-corrected chi connectivity index (χ1v) is 7.76. The molecule has 2 aliphatic rings. The van der Waals surface area contributed by atoms with Gasteiger partial charge in [-0.05, 0) is 44.7 Å². The van der Waals surface area contributed by atoms with Crippen molar-refractivity contribution in [3.8, 4) is 0 Å². The lowest BCUT2D eigenvalue weighted by Gasteiger charge is -2.37. The molecule has 2 unspecified atom stereocenters. The topological polar surface area (TPSA) is 56.9 Å². The maximum absolute atomic E-state index is 12.4. The molecule has 2 bridgehead atoms. The Balaban J connectivity index is 1.56. The second kappa shape index (κ2) is 5.81. The van der Waals surface area contributed by atoms with E-state index in [0.29, 0.717) is 25.2 Å². The van der Waals surface area contributed by atoms with E-state index in [1.54, 1.807) is 4.90 Å². The molecule has 1 N–H and O–H groups in total. The van der Waals surface area contributed by atoms with Crippen LogP contribution in [0.3, 0.4) is 0 Å². The predicted octanol–water partition coefficient (Wildman–Crippen LogP) is 1.53. The van der Waals surface area contributed by atoms with Gasteiger partial charge in [0.2, 0.25) is 5.91 Å². The molecule has 1 amide bonds. The number of rotatable bonds is 4. The molecule has 2 saturated heterocycles. The van der Waals surface area contributed by atoms with Gasteiger partial charge >= 0.3 is 0 Å². The molecule has 0 aromatic carbocycles. The first-order valence-electron chi connectivity index (χ1n) is 7.76. The Morgan fingerprint density at radius 1 is 1.38 bits per heavy atom. The normalized spacial score (nSPS) is 28.8. The Morgan fingerprint density at radius 3 is 2.62 bits per heavy atom. The molecular formula is C16H24N2O3. The summed E-state index contributed by atoms with van der Waals surface area (Å²) in [5.74, 6) is 1.81. The van der Waals surface area contributed by atoms with Crippen LogP contribution in [0.15, 0.2) is 16.5 Å². The number of aliphatic hydroxyl groups excluding tert-OH is 1. The lowest BCUT2D eigenvalue weighted by molar-refractivity contribution is -0.133. The molecule has 3 heterocycles. The van der Waals surface area contributed by atoms with Gasteiger partial charge in [0.25, 0.3) is 0 Å². The molecular weight excluding hydrogens is 268 g/mol. The Labute approximate surface area is 125 Å². The van der Waals surface area contributed by atoms with Gasteiger partial charge in [-0.2, -0.15) is 0 Å². The van der Waals surface area contributed by atoms with Crippen LogP contribution in [0.2, 0.25) is 0 Å². The Kier molecular flexibility index (Phi) is 4.04. The summed E-state index contributed by atoms with van der Waals surface area (Å²) in [5, 5.41) is 9.81. The zero-order valence-electron chi connectivity index (χ0n) is 12.8. The van der Waals surface area contributed by atoms with Gasteiger partial charge in [0, 0.05) is 19.1 Å². The molecule has 2 aliphatic heterocycles. The number of hydrogen-bond acceptors (Lipinski definition) is 4. The summed E-state index contributed by atoms with van der Waals surface area (Å²) in [6.07, 6.45) is 3.65. The largest absolute Gasteiger partial charge is 0.464 e. The fraction of sp³-hybridized carbons (Fsp3) is 0.688. The number of amides is 1. The van der Waals surface area contributed by atoms with Crippen LogP contribution < -0.4 is 0 Å². The van der Waals surface area contributed by atoms with E-state index in [4.69, 9.17) is 4.42 Å². The van der Waals surface area contributed by atoms with Crippen LogP contribution in [-0.2, 0) is 11.3 Å². The third-order valence-corrected chi connectivity index (χ3v) is 4.79. The number of furan rings is 1. The smallest absolute Gasteiger partial charge is 0.236 e. The molecule has 0 aliphatic carbocycles. The summed E-state index contributed by atoms with van der Waals surface area (Å²) in [5.41, 5.74) is 0. The van der Waals surface area contributed by atoms with Crippen molar-refractivity contribution in [1.82, 2.24) is 9.80 Å². The van der Waals surface area contributed by atoms with Crippen molar-refractivity contribution in [3.05, 3.63) is 23.7 Å². The number of nitrogens with zero attached hydrogens (tertiary/aromatic N) is 2. The summed E-state index contributed by atoms with van der Waals surface area (Å²) in [7, 11) is 1.82. The number of piperidine rings is 1. The summed E-state index contributed by atoms with van der Waals surface area (Å²) in [6, 6.07) is 4.59. The second-order valence-corrected chi connectivity index (χ2v) is 6.44. The Morgan fingerprint density at radius 2 is 2.05 bits per heavy atom. The molecule has 0 saturated carbocycles. The van der Waals surface area contributed by atoms with Crippen LogP contribution in [0.1, 0.15) is 37.2 Å². The van der Waals surface area contributed by atoms with Gasteiger partial charge in [0.15, 0.2) is 0 Å². The van der Waals surface area contributed by atoms with E-state index in [1.165, 1.54) is 0 Å². The van der Waals surface area contributed by atoms with E-state index in [1.807, 2.05) is 26.1 Å². The number of carbonyl (C=O) groups is 1. The third kappa shape index (κ3) is 3.14. The summed E-state index contributed by atoms with van der Waals surface area (Å²) in [4.78, 5) is 16.4. The molecule has 0 spiro atoms. The number of likely N-dealkylation sites (N-methyl/N-ethyl adjacent to an activating group) is 1. The number of hydrogen-bond donors (Lipinski definition) is 1. The van der Waals surface area contributed by atoms with Crippen molar-refractivity contribution in [1.29, 1.82) is 0 Å². The summed E-state index contributed by atoms with van der Waals surface area (Å²) < 4.78 is 5.52. The van der Waals surface area contributed by atoms with Crippen molar-refractivity contribution in [2.45, 2.75) is 57.3 Å². The maximum Gasteiger partial charge on any atom is 0.236 e. The molecule has 1 aromatic rings. The van der Waals surface area contributed by atoms with Crippen LogP contribution in [0.4, 0.5) is 0 Å². The third-order valence-electron chi connectivity index (χ3n) is 4.79. The van der Waals surface area contributed by atoms with Gasteiger partial charge in [-0.25, -0.2) is 0 Å². The van der Waals surface area contributed by atoms with E-state index in [0.717, 1.165) is 37.2 Å². The minimum absolute atomic E-state index is 0.123. The van der Waals surface area contributed by atoms with Gasteiger partial charge in [-0.3, -0.25) is 9.69 Å². The zero-order chi connectivity index (χ0) is 15.0. The quantitative estimate of drug-likeness (QED) is 0.914. The lowest BCUT2D eigenvalue weighted by atomic mass is 10.00. The van der Waals surface area contributed by atoms with Crippen molar-refractivity contribution in [2.75, 3.05) is 13.6 Å². The maximum atomic E-state index is 12.4. The first kappa shape index (κ1) is 14.6. The van der Waals surface area contributed by atoms with Crippen LogP contribution >= 0.6 is 0 Å². The van der Waals surface area contributed by atoms with E-state index in [2.05, 4.69) is 4.90 Å². The molecule has 0 radical (unpaired) electrons. The molecule has 21 heavy (non-hydrogen) atoms. The van der Waals surface area contributed by atoms with Gasteiger partial charge in [-0.1, -0.05) is 0 Å². The van der Waals surface area contributed by atoms with Gasteiger partial charge in [0.05, 0.1) is 19.2 Å². The van der Waals surface area contributed by atoms with Gasteiger partial charge in [-0.15, -0.1) is 0 Å². The fourth-order valence-electron chi connectivity index (χ4n) is 3.67. The molecule has 5 heteroatoms. The van der Waals surface area contributed by atoms with Crippen LogP contribution in [0.5, 0.6) is 0 Å². The highest BCUT2D eigenvalue weighted by Crippen LogP contribution is 2.35. The summed E-state index contributed by atoms with van der Waals surface area (Å²) in [6.45, 7) is 2.87. The monoisotopic (exact) mass is 292 g/mol. The predicted molar refractivity (Wildman–Crippen MR) is 78.7 cm³/mol. The van der Waals surface area contributed by atoms with Gasteiger partial charge < -0.3 is 14.4 Å². The minimum Gasteiger partial charge on any atom is -0.464 e. The number of carbonyl (C=O) groups excluding carboxylic acids is 1. The Hall–Kier alpha value is -1.33. The standard InChI is InChI=1S/C16H24N2O3/c1-11-3-6-15(21-11)9-17(2)16(20)10-18-12-4-5-13(18)8-14(19)7-12/h3,6,12-14,19H,4-5,7-10H2,1-2H3. The number of fused-ring (bicyclic) bond motifs is 2. The average Bonchev–Trinajstić information content (AvgIpc) is 2.92. The Bertz CT molecular complexity index is 499. The van der Waals surface area contributed by atoms with E-state index < -0.39 is 0 Å². The molecule has 2 atom stereocenters. The highest BCUT2D eigenvalue weighted by atomic mass is 16.3. The molecule has 2 fully saturated rings. The SMILES string of the molecule is Cc1ccc(CN(C)C(=O)CN2C3CCC2CC(O)C3)o1. The van der Waals surface area contributed by atoms with Crippen LogP contribution in [-0.4, -0.2) is 52.6 Å². The molecule has 5 nitrogen and oxygen atoms in total. The van der Waals surface area contributed by atoms with Gasteiger partial charge in [0.1, 0.15) is 11.5 Å². The van der Waals surface area contributed by atoms with E-state index >= 15 is 0 Å². The van der Waals surface area contributed by atoms with E-state index in [9.17, 15) is 9.90 Å². The zero-order valence-corrected chi connectivity index (χ0v) is 12.8. The van der Waals surface area contributed by atoms with Crippen molar-refractivity contribution < 1.29 is 14.3 Å². The molecule has 3 rings (SSSR count). The fourth-order valence-corrected chi connectivity index (χ4v) is 3.67. The highest BCUT2D eigenvalue weighted by molar-refractivity contribution is 5.78. The van der Waals surface area contributed by atoms with Crippen molar-refractivity contribution >= 4 is 5.91 Å². The summed E-state index contributed by atoms with van der Waals surface area (Å²) >= 11 is 0. The average molecular weight is 292 g/mol. The van der Waals surface area contributed by atoms with Crippen molar-refractivity contribution in [2.24, 2.45) is 0 Å². The highest BCUT2D eigenvalue weighted by Gasteiger charge is 2.41. The second-order valence-electron chi connectivity index (χ2n) is 6.44. The minimum atomic E-state index is -0.183. The van der Waals surface area contributed by atoms with Crippen molar-refractivity contribution in [3.63, 3.8) is 0 Å². The molecule has 1 aromatic heterocycles. The number of aryl methyl sites for hydroxylation is 1. The lowest BCUT2D eigenvalue weighted by Crippen LogP contribution is -2.49.